The molecule has 12 heteroatoms. The molecule has 22 heavy (non-hydrogen) atoms. The van der Waals surface area contributed by atoms with Crippen molar-refractivity contribution >= 4 is 42.4 Å². The van der Waals surface area contributed by atoms with Crippen LogP contribution in [0.2, 0.25) is 0 Å². The van der Waals surface area contributed by atoms with E-state index in [-0.39, 0.29) is 16.5 Å². The Labute approximate surface area is 124 Å². The van der Waals surface area contributed by atoms with Gasteiger partial charge in [-0.05, 0) is 23.6 Å². The van der Waals surface area contributed by atoms with Crippen molar-refractivity contribution in [2.75, 3.05) is 5.73 Å². The molecule has 2 rings (SSSR count). The number of aromatic hydroxyl groups is 1. The second kappa shape index (κ2) is 4.88. The predicted octanol–water partition coefficient (Wildman–Crippen LogP) is 1.28. The van der Waals surface area contributed by atoms with E-state index in [1.54, 1.807) is 0 Å². The van der Waals surface area contributed by atoms with Crippen molar-refractivity contribution in [3.05, 3.63) is 18.2 Å². The Balaban J connectivity index is 3.08. The van der Waals surface area contributed by atoms with E-state index < -0.39 is 41.5 Å². The number of hydrogen-bond acceptors (Lipinski definition) is 8. The first-order chi connectivity index (χ1) is 9.96. The molecule has 0 bridgehead atoms. The SMILES string of the molecule is N=Nc1c(S(=O)(=O)O)cc2cc(S(=O)(=O)O)cc(N)c2c1O. The number of anilines is 1. The van der Waals surface area contributed by atoms with Crippen LogP contribution in [0.4, 0.5) is 11.4 Å². The van der Waals surface area contributed by atoms with Crippen LogP contribution in [0.15, 0.2) is 33.1 Å². The average molecular weight is 347 g/mol. The number of phenols is 1. The van der Waals surface area contributed by atoms with Crippen LogP contribution in [0, 0.1) is 5.53 Å². The van der Waals surface area contributed by atoms with Gasteiger partial charge in [0, 0.05) is 11.1 Å². The molecule has 0 amide bonds. The van der Waals surface area contributed by atoms with Gasteiger partial charge in [-0.15, -0.1) is 0 Å². The van der Waals surface area contributed by atoms with E-state index in [4.69, 9.17) is 20.4 Å². The van der Waals surface area contributed by atoms with Gasteiger partial charge < -0.3 is 10.8 Å². The van der Waals surface area contributed by atoms with Crippen LogP contribution in [0.5, 0.6) is 5.75 Å². The van der Waals surface area contributed by atoms with Crippen molar-refractivity contribution in [1.29, 1.82) is 5.53 Å². The van der Waals surface area contributed by atoms with Gasteiger partial charge in [0.05, 0.1) is 4.90 Å². The Kier molecular flexibility index (Phi) is 3.57. The average Bonchev–Trinajstić information content (AvgIpc) is 2.35. The number of nitrogens with two attached hydrogens (primary N) is 1. The van der Waals surface area contributed by atoms with E-state index >= 15 is 0 Å². The Morgan fingerprint density at radius 3 is 2.09 bits per heavy atom. The summed E-state index contributed by atoms with van der Waals surface area (Å²) < 4.78 is 62.9. The second-order valence-electron chi connectivity index (χ2n) is 4.24. The highest BCUT2D eigenvalue weighted by atomic mass is 32.2. The molecule has 0 fully saturated rings. The Bertz CT molecular complexity index is 1010. The number of phenolic OH excluding ortho intramolecular Hbond substituents is 1. The summed E-state index contributed by atoms with van der Waals surface area (Å²) in [6.45, 7) is 0. The maximum Gasteiger partial charge on any atom is 0.296 e. The first-order valence-corrected chi connectivity index (χ1v) is 8.26. The predicted molar refractivity (Wildman–Crippen MR) is 74.5 cm³/mol. The van der Waals surface area contributed by atoms with Crippen molar-refractivity contribution in [3.8, 4) is 5.75 Å². The first kappa shape index (κ1) is 16.1. The van der Waals surface area contributed by atoms with Crippen molar-refractivity contribution < 1.29 is 31.0 Å². The number of nitrogens with one attached hydrogen (secondary N) is 1. The lowest BCUT2D eigenvalue weighted by Gasteiger charge is -2.11. The molecule has 2 aromatic carbocycles. The molecule has 0 aliphatic heterocycles. The third-order valence-corrected chi connectivity index (χ3v) is 4.54. The van der Waals surface area contributed by atoms with E-state index in [2.05, 4.69) is 5.11 Å². The number of rotatable bonds is 3. The lowest BCUT2D eigenvalue weighted by atomic mass is 10.1. The highest BCUT2D eigenvalue weighted by molar-refractivity contribution is 7.86. The minimum absolute atomic E-state index is 0.175. The summed E-state index contributed by atoms with van der Waals surface area (Å²) in [5, 5.41) is 12.5. The van der Waals surface area contributed by atoms with Crippen LogP contribution in [-0.2, 0) is 20.2 Å². The lowest BCUT2D eigenvalue weighted by molar-refractivity contribution is 0.472. The molecule has 0 aliphatic carbocycles. The summed E-state index contributed by atoms with van der Waals surface area (Å²) in [6, 6.07) is 2.48. The monoisotopic (exact) mass is 347 g/mol. The van der Waals surface area contributed by atoms with E-state index in [9.17, 15) is 21.9 Å². The second-order valence-corrected chi connectivity index (χ2v) is 7.06. The van der Waals surface area contributed by atoms with E-state index in [0.29, 0.717) is 0 Å². The minimum Gasteiger partial charge on any atom is -0.505 e. The standard InChI is InChI=1S/C10H9N3O7S2/c11-6-3-5(21(15,16)17)1-4-2-7(22(18,19)20)9(13-12)10(14)8(4)6/h1-3,12,14H,11H2,(H,15,16,17)(H,18,19,20). The van der Waals surface area contributed by atoms with Crippen molar-refractivity contribution in [1.82, 2.24) is 0 Å². The van der Waals surface area contributed by atoms with E-state index in [0.717, 1.165) is 18.2 Å². The number of benzene rings is 2. The van der Waals surface area contributed by atoms with Crippen molar-refractivity contribution in [3.63, 3.8) is 0 Å². The van der Waals surface area contributed by atoms with Crippen LogP contribution >= 0.6 is 0 Å². The zero-order valence-corrected chi connectivity index (χ0v) is 12.2. The number of nitrogens with zero attached hydrogens (tertiary/aromatic N) is 1. The van der Waals surface area contributed by atoms with Gasteiger partial charge in [-0.3, -0.25) is 9.11 Å². The first-order valence-electron chi connectivity index (χ1n) is 5.38. The zero-order valence-electron chi connectivity index (χ0n) is 10.5. The zero-order chi connectivity index (χ0) is 16.9. The molecular weight excluding hydrogens is 338 g/mol. The quantitative estimate of drug-likeness (QED) is 0.311. The van der Waals surface area contributed by atoms with Gasteiger partial charge in [0.25, 0.3) is 20.2 Å². The molecule has 10 nitrogen and oxygen atoms in total. The molecule has 0 unspecified atom stereocenters. The highest BCUT2D eigenvalue weighted by Gasteiger charge is 2.24. The largest absolute Gasteiger partial charge is 0.505 e. The van der Waals surface area contributed by atoms with Gasteiger partial charge in [-0.1, -0.05) is 0 Å². The fourth-order valence-electron chi connectivity index (χ4n) is 1.94. The topological polar surface area (TPSA) is 191 Å². The van der Waals surface area contributed by atoms with Gasteiger partial charge >= 0.3 is 0 Å². The summed E-state index contributed by atoms with van der Waals surface area (Å²) in [5.41, 5.74) is 11.4. The molecule has 0 aromatic heterocycles. The molecule has 0 saturated heterocycles. The van der Waals surface area contributed by atoms with E-state index in [1.165, 1.54) is 0 Å². The van der Waals surface area contributed by atoms with Crippen LogP contribution in [0.3, 0.4) is 0 Å². The molecule has 118 valence electrons. The fourth-order valence-corrected chi connectivity index (χ4v) is 3.16. The maximum absolute atomic E-state index is 11.3. The van der Waals surface area contributed by atoms with Gasteiger partial charge in [0.15, 0.2) is 5.75 Å². The van der Waals surface area contributed by atoms with Gasteiger partial charge in [-0.25, -0.2) is 5.53 Å². The maximum atomic E-state index is 11.3. The molecule has 0 saturated carbocycles. The number of nitrogen functional groups attached to an aromatic ring is 1. The van der Waals surface area contributed by atoms with Crippen molar-refractivity contribution in [2.24, 2.45) is 5.11 Å². The van der Waals surface area contributed by atoms with Crippen LogP contribution in [-0.4, -0.2) is 31.0 Å². The summed E-state index contributed by atoms with van der Waals surface area (Å²) in [5.74, 6) is -0.820. The Hall–Kier alpha value is -2.28. The molecule has 0 atom stereocenters. The smallest absolute Gasteiger partial charge is 0.296 e. The summed E-state index contributed by atoms with van der Waals surface area (Å²) in [6.07, 6.45) is 0. The number of hydrogen-bond donors (Lipinski definition) is 5. The fraction of sp³-hybridized carbons (Fsp3) is 0. The van der Waals surface area contributed by atoms with E-state index in [1.807, 2.05) is 0 Å². The molecule has 0 heterocycles. The summed E-state index contributed by atoms with van der Waals surface area (Å²) in [4.78, 5) is -1.53. The van der Waals surface area contributed by atoms with Crippen LogP contribution in [0.1, 0.15) is 0 Å². The molecule has 6 N–H and O–H groups in total. The normalized spacial score (nSPS) is 12.5. The summed E-state index contributed by atoms with van der Waals surface area (Å²) >= 11 is 0. The molecular formula is C10H9N3O7S2. The minimum atomic E-state index is -4.85. The summed E-state index contributed by atoms with van der Waals surface area (Å²) in [7, 11) is -9.47. The van der Waals surface area contributed by atoms with Gasteiger partial charge in [0.2, 0.25) is 0 Å². The molecule has 0 radical (unpaired) electrons. The molecule has 2 aromatic rings. The third-order valence-electron chi connectivity index (χ3n) is 2.84. The van der Waals surface area contributed by atoms with Gasteiger partial charge in [-0.2, -0.15) is 21.9 Å². The van der Waals surface area contributed by atoms with Gasteiger partial charge in [0.1, 0.15) is 10.6 Å². The molecule has 0 aliphatic rings. The number of fused-ring (bicyclic) bond motifs is 1. The highest BCUT2D eigenvalue weighted by Crippen LogP contribution is 2.43. The Morgan fingerprint density at radius 1 is 1.05 bits per heavy atom. The Morgan fingerprint density at radius 2 is 1.64 bits per heavy atom. The molecule has 0 spiro atoms. The third kappa shape index (κ3) is 2.59. The lowest BCUT2D eigenvalue weighted by Crippen LogP contribution is -2.02. The van der Waals surface area contributed by atoms with Crippen LogP contribution in [0.25, 0.3) is 10.8 Å². The van der Waals surface area contributed by atoms with Crippen molar-refractivity contribution in [2.45, 2.75) is 9.79 Å². The van der Waals surface area contributed by atoms with Crippen LogP contribution < -0.4 is 5.73 Å².